The lowest BCUT2D eigenvalue weighted by Gasteiger charge is -2.09. The summed E-state index contributed by atoms with van der Waals surface area (Å²) in [4.78, 5) is 45.1. The normalized spacial score (nSPS) is 12.4. The summed E-state index contributed by atoms with van der Waals surface area (Å²) in [7, 11) is 0. The van der Waals surface area contributed by atoms with Crippen LogP contribution in [0.1, 0.15) is 13.8 Å². The van der Waals surface area contributed by atoms with Crippen LogP contribution in [-0.4, -0.2) is 37.0 Å². The highest BCUT2D eigenvalue weighted by Gasteiger charge is 2.28. The van der Waals surface area contributed by atoms with E-state index >= 15 is 0 Å². The number of carbonyl (C=O) groups is 4. The first kappa shape index (κ1) is 16.6. The third-order valence-corrected chi connectivity index (χ3v) is 1.94. The van der Waals surface area contributed by atoms with Crippen LogP contribution in [-0.2, 0) is 28.7 Å². The molecule has 8 heteroatoms. The Kier molecular flexibility index (Phi) is 6.87. The van der Waals surface area contributed by atoms with Crippen molar-refractivity contribution in [2.75, 3.05) is 13.2 Å². The molecule has 4 N–H and O–H groups in total. The van der Waals surface area contributed by atoms with Gasteiger partial charge in [0, 0.05) is 0 Å². The number of amides is 2. The van der Waals surface area contributed by atoms with Crippen molar-refractivity contribution in [2.24, 2.45) is 17.4 Å². The Morgan fingerprint density at radius 2 is 1.58 bits per heavy atom. The van der Waals surface area contributed by atoms with Gasteiger partial charge in [-0.25, -0.2) is 4.79 Å². The van der Waals surface area contributed by atoms with Gasteiger partial charge in [-0.2, -0.15) is 0 Å². The highest BCUT2D eigenvalue weighted by atomic mass is 16.5. The van der Waals surface area contributed by atoms with Gasteiger partial charge < -0.3 is 20.9 Å². The van der Waals surface area contributed by atoms with E-state index in [1.165, 1.54) is 13.8 Å². The fourth-order valence-corrected chi connectivity index (χ4v) is 1.12. The van der Waals surface area contributed by atoms with Crippen LogP contribution in [0.25, 0.3) is 0 Å². The quantitative estimate of drug-likeness (QED) is 0.253. The number of esters is 2. The number of ether oxygens (including phenoxy) is 2. The highest BCUT2D eigenvalue weighted by Crippen LogP contribution is 2.08. The molecule has 0 aromatic rings. The monoisotopic (exact) mass is 272 g/mol. The van der Waals surface area contributed by atoms with Crippen LogP contribution in [0, 0.1) is 5.92 Å². The Labute approximate surface area is 109 Å². The van der Waals surface area contributed by atoms with Crippen molar-refractivity contribution in [2.45, 2.75) is 13.8 Å². The van der Waals surface area contributed by atoms with E-state index in [2.05, 4.69) is 9.47 Å². The van der Waals surface area contributed by atoms with Crippen LogP contribution >= 0.6 is 0 Å². The van der Waals surface area contributed by atoms with Crippen molar-refractivity contribution in [1.82, 2.24) is 0 Å². The number of primary amides is 2. The molecule has 0 aromatic carbocycles. The largest absolute Gasteiger partial charge is 0.465 e. The second-order valence-electron chi connectivity index (χ2n) is 3.30. The minimum absolute atomic E-state index is 0.00407. The van der Waals surface area contributed by atoms with E-state index in [1.807, 2.05) is 0 Å². The van der Waals surface area contributed by atoms with Gasteiger partial charge in [-0.3, -0.25) is 14.4 Å². The first-order chi connectivity index (χ1) is 8.84. The van der Waals surface area contributed by atoms with Crippen LogP contribution in [0.5, 0.6) is 0 Å². The predicted octanol–water partition coefficient (Wildman–Crippen LogP) is -1.37. The van der Waals surface area contributed by atoms with Crippen molar-refractivity contribution in [3.8, 4) is 0 Å². The molecule has 0 rings (SSSR count). The fourth-order valence-electron chi connectivity index (χ4n) is 1.12. The van der Waals surface area contributed by atoms with E-state index in [9.17, 15) is 19.2 Å². The molecule has 0 unspecified atom stereocenters. The molecule has 0 aliphatic carbocycles. The molecule has 0 aliphatic heterocycles. The van der Waals surface area contributed by atoms with Gasteiger partial charge in [-0.1, -0.05) is 0 Å². The number of carbonyl (C=O) groups excluding carboxylic acids is 4. The zero-order valence-corrected chi connectivity index (χ0v) is 10.7. The fraction of sp³-hybridized carbons (Fsp3) is 0.455. The summed E-state index contributed by atoms with van der Waals surface area (Å²) in [5.74, 6) is -5.79. The maximum absolute atomic E-state index is 11.5. The van der Waals surface area contributed by atoms with Crippen molar-refractivity contribution in [1.29, 1.82) is 0 Å². The lowest BCUT2D eigenvalue weighted by atomic mass is 10.0. The van der Waals surface area contributed by atoms with E-state index in [-0.39, 0.29) is 13.2 Å². The molecule has 0 bridgehead atoms. The zero-order chi connectivity index (χ0) is 15.0. The predicted molar refractivity (Wildman–Crippen MR) is 63.2 cm³/mol. The molecule has 0 heterocycles. The summed E-state index contributed by atoms with van der Waals surface area (Å²) in [6.45, 7) is 3.07. The standard InChI is InChI=1S/C11H16N2O6/c1-3-18-10(16)6(8(12)14)5-7(9(13)15)11(17)19-4-2/h5-6H,3-4H2,1-2H3,(H2,12,14)(H2,13,15)/b7-5-/t6-/m1/s1. The van der Waals surface area contributed by atoms with Crippen molar-refractivity contribution in [3.05, 3.63) is 11.6 Å². The maximum atomic E-state index is 11.5. The molecule has 0 aliphatic rings. The summed E-state index contributed by atoms with van der Waals surface area (Å²) >= 11 is 0. The Bertz CT molecular complexity index is 415. The van der Waals surface area contributed by atoms with Crippen LogP contribution in [0.3, 0.4) is 0 Å². The summed E-state index contributed by atoms with van der Waals surface area (Å²) in [6.07, 6.45) is 0.751. The van der Waals surface area contributed by atoms with Crippen LogP contribution in [0.4, 0.5) is 0 Å². The molecule has 0 fully saturated rings. The zero-order valence-electron chi connectivity index (χ0n) is 10.7. The molecule has 8 nitrogen and oxygen atoms in total. The van der Waals surface area contributed by atoms with Gasteiger partial charge >= 0.3 is 11.9 Å². The summed E-state index contributed by atoms with van der Waals surface area (Å²) in [5, 5.41) is 0. The average molecular weight is 272 g/mol. The summed E-state index contributed by atoms with van der Waals surface area (Å²) in [5.41, 5.74) is 9.35. The van der Waals surface area contributed by atoms with E-state index in [4.69, 9.17) is 11.5 Å². The third-order valence-electron chi connectivity index (χ3n) is 1.94. The van der Waals surface area contributed by atoms with E-state index < -0.39 is 35.2 Å². The smallest absolute Gasteiger partial charge is 0.343 e. The molecule has 0 spiro atoms. The first-order valence-electron chi connectivity index (χ1n) is 5.49. The Balaban J connectivity index is 5.35. The first-order valence-corrected chi connectivity index (χ1v) is 5.49. The van der Waals surface area contributed by atoms with E-state index in [0.717, 1.165) is 6.08 Å². The number of hydrogen-bond donors (Lipinski definition) is 2. The lowest BCUT2D eigenvalue weighted by Crippen LogP contribution is -2.33. The van der Waals surface area contributed by atoms with Gasteiger partial charge in [0.05, 0.1) is 13.2 Å². The van der Waals surface area contributed by atoms with E-state index in [1.54, 1.807) is 0 Å². The number of nitrogens with two attached hydrogens (primary N) is 2. The van der Waals surface area contributed by atoms with Gasteiger partial charge in [0.15, 0.2) is 5.92 Å². The molecule has 19 heavy (non-hydrogen) atoms. The molecule has 2 amide bonds. The topological polar surface area (TPSA) is 139 Å². The van der Waals surface area contributed by atoms with Gasteiger partial charge in [-0.15, -0.1) is 0 Å². The van der Waals surface area contributed by atoms with E-state index in [0.29, 0.717) is 0 Å². The van der Waals surface area contributed by atoms with Crippen molar-refractivity contribution < 1.29 is 28.7 Å². The minimum Gasteiger partial charge on any atom is -0.465 e. The molecular formula is C11H16N2O6. The van der Waals surface area contributed by atoms with Gasteiger partial charge in [0.25, 0.3) is 5.91 Å². The second-order valence-corrected chi connectivity index (χ2v) is 3.30. The molecular weight excluding hydrogens is 256 g/mol. The summed E-state index contributed by atoms with van der Waals surface area (Å²) < 4.78 is 9.17. The Morgan fingerprint density at radius 1 is 1.05 bits per heavy atom. The lowest BCUT2D eigenvalue weighted by molar-refractivity contribution is -0.149. The van der Waals surface area contributed by atoms with Gasteiger partial charge in [-0.05, 0) is 19.9 Å². The molecule has 0 radical (unpaired) electrons. The molecule has 0 saturated carbocycles. The molecule has 1 atom stereocenters. The maximum Gasteiger partial charge on any atom is 0.343 e. The van der Waals surface area contributed by atoms with Crippen LogP contribution in [0.15, 0.2) is 11.6 Å². The Morgan fingerprint density at radius 3 is 1.95 bits per heavy atom. The Hall–Kier alpha value is -2.38. The van der Waals surface area contributed by atoms with Crippen molar-refractivity contribution >= 4 is 23.8 Å². The molecule has 0 aromatic heterocycles. The summed E-state index contributed by atoms with van der Waals surface area (Å²) in [6, 6.07) is 0. The van der Waals surface area contributed by atoms with Gasteiger partial charge in [0.2, 0.25) is 5.91 Å². The SMILES string of the molecule is CCOC(=O)/C(=C\[C@H](C(N)=O)C(=O)OCC)C(N)=O. The average Bonchev–Trinajstić information content (AvgIpc) is 2.29. The highest BCUT2D eigenvalue weighted by molar-refractivity contribution is 6.17. The van der Waals surface area contributed by atoms with Crippen molar-refractivity contribution in [3.63, 3.8) is 0 Å². The minimum atomic E-state index is -1.58. The second kappa shape index (κ2) is 7.85. The third kappa shape index (κ3) is 5.19. The van der Waals surface area contributed by atoms with Crippen LogP contribution in [0.2, 0.25) is 0 Å². The molecule has 0 saturated heterocycles. The number of rotatable bonds is 7. The van der Waals surface area contributed by atoms with Gasteiger partial charge in [0.1, 0.15) is 5.57 Å². The number of hydrogen-bond acceptors (Lipinski definition) is 6. The molecule has 106 valence electrons. The van der Waals surface area contributed by atoms with Crippen LogP contribution < -0.4 is 11.5 Å².